The van der Waals surface area contributed by atoms with Crippen LogP contribution in [0.3, 0.4) is 0 Å². The van der Waals surface area contributed by atoms with Gasteiger partial charge in [-0.1, -0.05) is 0 Å². The van der Waals surface area contributed by atoms with Crippen LogP contribution in [-0.2, 0) is 19.6 Å². The molecule has 3 N–H and O–H groups in total. The first-order chi connectivity index (χ1) is 16.5. The van der Waals surface area contributed by atoms with Gasteiger partial charge in [0.1, 0.15) is 11.5 Å². The Labute approximate surface area is 200 Å². The highest BCUT2D eigenvalue weighted by Gasteiger charge is 2.29. The highest BCUT2D eigenvalue weighted by Crippen LogP contribution is 2.28. The second-order valence-corrected chi connectivity index (χ2v) is 9.34. The lowest BCUT2D eigenvalue weighted by molar-refractivity contribution is -0.117. The summed E-state index contributed by atoms with van der Waals surface area (Å²) >= 11 is 0. The number of furan rings is 1. The van der Waals surface area contributed by atoms with E-state index in [1.807, 2.05) is 4.72 Å². The molecular formula is C24H20N4O6S. The third-order valence-corrected chi connectivity index (χ3v) is 6.55. The Morgan fingerprint density at radius 3 is 2.29 bits per heavy atom. The van der Waals surface area contributed by atoms with Crippen molar-refractivity contribution in [1.29, 1.82) is 0 Å². The first-order valence-electron chi connectivity index (χ1n) is 10.3. The van der Waals surface area contributed by atoms with Crippen molar-refractivity contribution in [3.63, 3.8) is 0 Å². The molecule has 1 aliphatic rings. The van der Waals surface area contributed by atoms with Gasteiger partial charge in [0.25, 0.3) is 15.9 Å². The van der Waals surface area contributed by atoms with Gasteiger partial charge < -0.3 is 10.2 Å². The maximum absolute atomic E-state index is 12.9. The van der Waals surface area contributed by atoms with Gasteiger partial charge in [-0.2, -0.15) is 10.1 Å². The maximum Gasteiger partial charge on any atom is 0.280 e. The van der Waals surface area contributed by atoms with E-state index in [1.54, 1.807) is 49.4 Å². The van der Waals surface area contributed by atoms with Crippen LogP contribution in [0.2, 0.25) is 0 Å². The minimum absolute atomic E-state index is 0.0577. The van der Waals surface area contributed by atoms with Gasteiger partial charge in [-0.15, -0.1) is 0 Å². The van der Waals surface area contributed by atoms with Crippen molar-refractivity contribution in [3.8, 4) is 11.3 Å². The number of nitrogens with zero attached hydrogens (tertiary/aromatic N) is 2. The first kappa shape index (κ1) is 23.6. The largest absolute Gasteiger partial charge is 0.457 e. The van der Waals surface area contributed by atoms with Crippen LogP contribution < -0.4 is 15.5 Å². The minimum Gasteiger partial charge on any atom is -0.457 e. The number of primary amides is 1. The molecule has 1 aromatic heterocycles. The average molecular weight is 493 g/mol. The molecule has 0 saturated heterocycles. The number of hydrogen-bond acceptors (Lipinski definition) is 7. The van der Waals surface area contributed by atoms with E-state index in [0.29, 0.717) is 39.6 Å². The first-order valence-corrected chi connectivity index (χ1v) is 11.8. The maximum atomic E-state index is 12.9. The normalized spacial score (nSPS) is 14.8. The Kier molecular flexibility index (Phi) is 6.10. The number of sulfonamides is 1. The summed E-state index contributed by atoms with van der Waals surface area (Å²) in [5, 5.41) is 5.52. The summed E-state index contributed by atoms with van der Waals surface area (Å²) < 4.78 is 31.9. The van der Waals surface area contributed by atoms with E-state index in [0.717, 1.165) is 6.92 Å². The fourth-order valence-electron chi connectivity index (χ4n) is 3.40. The fraction of sp³-hybridized carbons (Fsp3) is 0.0833. The van der Waals surface area contributed by atoms with E-state index in [9.17, 15) is 22.8 Å². The van der Waals surface area contributed by atoms with Crippen molar-refractivity contribution >= 4 is 45.2 Å². The van der Waals surface area contributed by atoms with Crippen molar-refractivity contribution < 1.29 is 27.2 Å². The van der Waals surface area contributed by atoms with Crippen molar-refractivity contribution in [2.75, 3.05) is 5.01 Å². The zero-order valence-electron chi connectivity index (χ0n) is 18.7. The van der Waals surface area contributed by atoms with Crippen LogP contribution in [0.25, 0.3) is 17.4 Å². The van der Waals surface area contributed by atoms with Crippen LogP contribution in [0, 0.1) is 0 Å². The summed E-state index contributed by atoms with van der Waals surface area (Å²) in [5.41, 5.74) is 7.49. The number of hydrazone groups is 1. The summed E-state index contributed by atoms with van der Waals surface area (Å²) in [6.45, 7) is 2.81. The molecule has 0 fully saturated rings. The molecule has 0 bridgehead atoms. The lowest BCUT2D eigenvalue weighted by atomic mass is 10.1. The number of nitrogens with one attached hydrogen (secondary N) is 1. The van der Waals surface area contributed by atoms with Crippen LogP contribution in [0.5, 0.6) is 0 Å². The molecule has 2 aromatic carbocycles. The van der Waals surface area contributed by atoms with Crippen LogP contribution >= 0.6 is 0 Å². The molecule has 0 unspecified atom stereocenters. The quantitative estimate of drug-likeness (QED) is 0.505. The molecule has 1 aliphatic heterocycles. The van der Waals surface area contributed by atoms with E-state index < -0.39 is 21.8 Å². The van der Waals surface area contributed by atoms with Crippen molar-refractivity contribution in [2.45, 2.75) is 18.7 Å². The third kappa shape index (κ3) is 4.89. The molecule has 0 radical (unpaired) electrons. The molecule has 35 heavy (non-hydrogen) atoms. The monoisotopic (exact) mass is 492 g/mol. The molecule has 3 amide bonds. The standard InChI is InChI=1S/C24H20N4O6S/c1-14-21(24(31)28(26-14)18-7-3-17(4-8-18)23(25)30)13-19-9-12-22(34-19)16-5-10-20(11-6-16)35(32,33)27-15(2)29/h3-13H,1-2H3,(H2,25,30)(H,27,29)/b21-13-. The van der Waals surface area contributed by atoms with Crippen molar-refractivity contribution in [2.24, 2.45) is 10.8 Å². The summed E-state index contributed by atoms with van der Waals surface area (Å²) in [6.07, 6.45) is 1.57. The Morgan fingerprint density at radius 2 is 1.69 bits per heavy atom. The van der Waals surface area contributed by atoms with Crippen LogP contribution in [0.4, 0.5) is 5.69 Å². The smallest absolute Gasteiger partial charge is 0.280 e. The van der Waals surface area contributed by atoms with Gasteiger partial charge >= 0.3 is 0 Å². The SMILES string of the molecule is CC(=O)NS(=O)(=O)c1ccc(-c2ccc(/C=C3\C(=O)N(c4ccc(C(N)=O)cc4)N=C3C)o2)cc1. The molecule has 0 spiro atoms. The number of benzene rings is 2. The summed E-state index contributed by atoms with van der Waals surface area (Å²) in [5.74, 6) is -0.751. The summed E-state index contributed by atoms with van der Waals surface area (Å²) in [7, 11) is -3.93. The van der Waals surface area contributed by atoms with Crippen LogP contribution in [-0.4, -0.2) is 31.9 Å². The zero-order valence-corrected chi connectivity index (χ0v) is 19.5. The Morgan fingerprint density at radius 1 is 1.03 bits per heavy atom. The van der Waals surface area contributed by atoms with Crippen LogP contribution in [0.1, 0.15) is 30.0 Å². The highest BCUT2D eigenvalue weighted by molar-refractivity contribution is 7.90. The van der Waals surface area contributed by atoms with E-state index in [4.69, 9.17) is 10.2 Å². The molecule has 0 atom stereocenters. The molecular weight excluding hydrogens is 472 g/mol. The fourth-order valence-corrected chi connectivity index (χ4v) is 4.39. The van der Waals surface area contributed by atoms with Gasteiger partial charge in [0.05, 0.1) is 21.9 Å². The predicted molar refractivity (Wildman–Crippen MR) is 129 cm³/mol. The van der Waals surface area contributed by atoms with E-state index in [2.05, 4.69) is 5.10 Å². The Hall–Kier alpha value is -4.51. The summed E-state index contributed by atoms with van der Waals surface area (Å²) in [6, 6.07) is 15.4. The molecule has 0 saturated carbocycles. The molecule has 178 valence electrons. The second kappa shape index (κ2) is 9.03. The topological polar surface area (TPSA) is 152 Å². The zero-order chi connectivity index (χ0) is 25.3. The summed E-state index contributed by atoms with van der Waals surface area (Å²) in [4.78, 5) is 35.2. The Bertz CT molecular complexity index is 1500. The minimum atomic E-state index is -3.93. The number of carbonyl (C=O) groups is 3. The van der Waals surface area contributed by atoms with E-state index in [-0.39, 0.29) is 10.8 Å². The number of rotatable bonds is 6. The van der Waals surface area contributed by atoms with Gasteiger partial charge in [-0.3, -0.25) is 14.4 Å². The van der Waals surface area contributed by atoms with Gasteiger partial charge in [-0.05, 0) is 73.7 Å². The third-order valence-electron chi connectivity index (χ3n) is 5.10. The number of anilines is 1. The predicted octanol–water partition coefficient (Wildman–Crippen LogP) is 2.68. The van der Waals surface area contributed by atoms with Gasteiger partial charge in [0, 0.05) is 18.1 Å². The average Bonchev–Trinajstić information content (AvgIpc) is 3.39. The van der Waals surface area contributed by atoms with Crippen molar-refractivity contribution in [3.05, 3.63) is 77.6 Å². The second-order valence-electron chi connectivity index (χ2n) is 7.66. The van der Waals surface area contributed by atoms with E-state index in [1.165, 1.54) is 29.3 Å². The van der Waals surface area contributed by atoms with Crippen LogP contribution in [0.15, 0.2) is 80.7 Å². The Balaban J connectivity index is 1.54. The molecule has 2 heterocycles. The number of nitrogens with two attached hydrogens (primary N) is 1. The molecule has 11 heteroatoms. The molecule has 3 aromatic rings. The van der Waals surface area contributed by atoms with Gasteiger partial charge in [0.15, 0.2) is 0 Å². The lowest BCUT2D eigenvalue weighted by Crippen LogP contribution is -2.28. The molecule has 0 aliphatic carbocycles. The number of hydrogen-bond donors (Lipinski definition) is 2. The lowest BCUT2D eigenvalue weighted by Gasteiger charge is -2.11. The number of carbonyl (C=O) groups excluding carboxylic acids is 3. The molecule has 4 rings (SSSR count). The number of amides is 3. The molecule has 10 nitrogen and oxygen atoms in total. The highest BCUT2D eigenvalue weighted by atomic mass is 32.2. The van der Waals surface area contributed by atoms with Crippen molar-refractivity contribution in [1.82, 2.24) is 4.72 Å². The van der Waals surface area contributed by atoms with E-state index >= 15 is 0 Å². The van der Waals surface area contributed by atoms with Gasteiger partial charge in [-0.25, -0.2) is 13.1 Å². The van der Waals surface area contributed by atoms with Gasteiger partial charge in [0.2, 0.25) is 11.8 Å².